The highest BCUT2D eigenvalue weighted by atomic mass is 32.2. The van der Waals surface area contributed by atoms with Gasteiger partial charge in [0.25, 0.3) is 5.24 Å². The van der Waals surface area contributed by atoms with Gasteiger partial charge >= 0.3 is 0 Å². The largest absolute Gasteiger partial charge is 0.493 e. The van der Waals surface area contributed by atoms with Crippen LogP contribution in [0.3, 0.4) is 0 Å². The number of nitrogens with zero attached hydrogens (tertiary/aromatic N) is 3. The maximum absolute atomic E-state index is 11.9. The predicted octanol–water partition coefficient (Wildman–Crippen LogP) is 6.38. The Bertz CT molecular complexity index is 1210. The number of carbonyl (C=O) groups excluding carboxylic acids is 1. The Morgan fingerprint density at radius 2 is 1.95 bits per heavy atom. The first-order chi connectivity index (χ1) is 17.8. The molecule has 198 valence electrons. The van der Waals surface area contributed by atoms with Crippen molar-refractivity contribution in [3.63, 3.8) is 0 Å². The molecular formula is C29H38N4O3S. The lowest BCUT2D eigenvalue weighted by Crippen LogP contribution is -2.42. The molecule has 0 saturated heterocycles. The van der Waals surface area contributed by atoms with Crippen molar-refractivity contribution in [3.8, 4) is 11.5 Å². The summed E-state index contributed by atoms with van der Waals surface area (Å²) < 4.78 is 11.1. The van der Waals surface area contributed by atoms with Gasteiger partial charge in [0.2, 0.25) is 0 Å². The van der Waals surface area contributed by atoms with Gasteiger partial charge in [0, 0.05) is 24.3 Å². The first-order valence-corrected chi connectivity index (χ1v) is 13.9. The van der Waals surface area contributed by atoms with Gasteiger partial charge in [0.15, 0.2) is 11.5 Å². The van der Waals surface area contributed by atoms with Crippen molar-refractivity contribution in [3.05, 3.63) is 53.1 Å². The fraction of sp³-hybridized carbons (Fsp3) is 0.483. The number of amidine groups is 1. The van der Waals surface area contributed by atoms with Crippen LogP contribution in [0.15, 0.2) is 46.5 Å². The zero-order valence-electron chi connectivity index (χ0n) is 22.8. The van der Waals surface area contributed by atoms with Crippen LogP contribution in [0.1, 0.15) is 70.1 Å². The molecule has 0 aliphatic carbocycles. The summed E-state index contributed by atoms with van der Waals surface area (Å²) in [5.41, 5.74) is 8.06. The molecule has 2 heterocycles. The fourth-order valence-corrected chi connectivity index (χ4v) is 5.73. The van der Waals surface area contributed by atoms with Gasteiger partial charge in [-0.1, -0.05) is 51.9 Å². The normalized spacial score (nSPS) is 19.1. The Morgan fingerprint density at radius 3 is 2.65 bits per heavy atom. The van der Waals surface area contributed by atoms with Gasteiger partial charge in [-0.15, -0.1) is 0 Å². The van der Waals surface area contributed by atoms with Crippen LogP contribution in [0.2, 0.25) is 0 Å². The van der Waals surface area contributed by atoms with E-state index in [9.17, 15) is 4.79 Å². The van der Waals surface area contributed by atoms with Crippen LogP contribution in [-0.4, -0.2) is 49.3 Å². The zero-order valence-corrected chi connectivity index (χ0v) is 23.6. The predicted molar refractivity (Wildman–Crippen MR) is 154 cm³/mol. The van der Waals surface area contributed by atoms with Crippen molar-refractivity contribution < 1.29 is 14.3 Å². The topological polar surface area (TPSA) is 75.5 Å². The van der Waals surface area contributed by atoms with E-state index in [-0.39, 0.29) is 15.9 Å². The summed E-state index contributed by atoms with van der Waals surface area (Å²) in [4.78, 5) is 19.3. The Balaban J connectivity index is 1.80. The summed E-state index contributed by atoms with van der Waals surface area (Å²) in [5.74, 6) is 2.34. The van der Waals surface area contributed by atoms with Gasteiger partial charge in [0.1, 0.15) is 5.84 Å². The number of rotatable bonds is 8. The maximum Gasteiger partial charge on any atom is 0.299 e. The van der Waals surface area contributed by atoms with Crippen LogP contribution in [0, 0.1) is 0 Å². The van der Waals surface area contributed by atoms with E-state index in [1.807, 2.05) is 12.1 Å². The lowest BCUT2D eigenvalue weighted by atomic mass is 9.76. The molecule has 0 fully saturated rings. The second-order valence-corrected chi connectivity index (χ2v) is 11.2. The number of fused-ring (bicyclic) bond motifs is 1. The number of benzene rings is 2. The van der Waals surface area contributed by atoms with Crippen molar-refractivity contribution in [2.75, 3.05) is 32.2 Å². The molecule has 2 aliphatic heterocycles. The van der Waals surface area contributed by atoms with E-state index in [1.165, 1.54) is 17.3 Å². The molecule has 1 N–H and O–H groups in total. The standard InChI is InChI=1S/C29H38N4O3S/c1-7-9-15-30-27(20-11-13-23(35-5)24(18-20)36-6)33-16-14-29(3,4)21-17-19(10-12-22(21)33)26-25(8-2)37-28(34)32-31-26/h10-13,17-18,25H,7-9,14-16H2,1-6H3,(H,32,34)/b30-27-. The quantitative estimate of drug-likeness (QED) is 0.247. The number of unbranched alkanes of at least 4 members (excludes halogenated alkanes) is 1. The van der Waals surface area contributed by atoms with E-state index in [2.05, 4.69) is 67.4 Å². The van der Waals surface area contributed by atoms with Crippen molar-refractivity contribution in [1.29, 1.82) is 0 Å². The Hall–Kier alpha value is -3.00. The van der Waals surface area contributed by atoms with Crippen LogP contribution >= 0.6 is 11.8 Å². The van der Waals surface area contributed by atoms with E-state index in [1.54, 1.807) is 14.2 Å². The summed E-state index contributed by atoms with van der Waals surface area (Å²) in [6.45, 7) is 10.5. The van der Waals surface area contributed by atoms with Crippen LogP contribution in [0.5, 0.6) is 11.5 Å². The van der Waals surface area contributed by atoms with Crippen LogP contribution in [0.25, 0.3) is 0 Å². The molecule has 1 unspecified atom stereocenters. The number of hydrazone groups is 1. The van der Waals surface area contributed by atoms with E-state index >= 15 is 0 Å². The zero-order chi connectivity index (χ0) is 26.6. The summed E-state index contributed by atoms with van der Waals surface area (Å²) in [7, 11) is 3.31. The molecule has 8 heteroatoms. The summed E-state index contributed by atoms with van der Waals surface area (Å²) in [6, 6.07) is 12.6. The second-order valence-electron chi connectivity index (χ2n) is 10.1. The van der Waals surface area contributed by atoms with Gasteiger partial charge in [0.05, 0.1) is 25.2 Å². The van der Waals surface area contributed by atoms with Gasteiger partial charge in [-0.3, -0.25) is 9.79 Å². The maximum atomic E-state index is 11.9. The minimum Gasteiger partial charge on any atom is -0.493 e. The van der Waals surface area contributed by atoms with Gasteiger partial charge < -0.3 is 14.4 Å². The molecule has 0 saturated carbocycles. The number of anilines is 1. The summed E-state index contributed by atoms with van der Waals surface area (Å²) in [5, 5.41) is 4.40. The molecule has 2 aliphatic rings. The first kappa shape index (κ1) is 27.0. The van der Waals surface area contributed by atoms with Crippen molar-refractivity contribution in [1.82, 2.24) is 5.43 Å². The van der Waals surface area contributed by atoms with Crippen molar-refractivity contribution in [2.45, 2.75) is 64.0 Å². The highest BCUT2D eigenvalue weighted by molar-refractivity contribution is 8.14. The molecule has 0 aromatic heterocycles. The monoisotopic (exact) mass is 522 g/mol. The SMILES string of the molecule is CCCC/N=C(/c1ccc(OC)c(OC)c1)N1CCC(C)(C)c2cc(C3=NNC(=O)SC3CC)ccc21. The van der Waals surface area contributed by atoms with Gasteiger partial charge in [-0.25, -0.2) is 5.43 Å². The molecule has 1 atom stereocenters. The van der Waals surface area contributed by atoms with Crippen LogP contribution < -0.4 is 19.8 Å². The van der Waals surface area contributed by atoms with E-state index < -0.39 is 0 Å². The third-order valence-corrected chi connectivity index (χ3v) is 8.28. The Labute approximate surface area is 224 Å². The van der Waals surface area contributed by atoms with E-state index in [0.717, 1.165) is 67.1 Å². The summed E-state index contributed by atoms with van der Waals surface area (Å²) in [6.07, 6.45) is 3.95. The Kier molecular flexibility index (Phi) is 8.47. The van der Waals surface area contributed by atoms with Crippen molar-refractivity contribution >= 4 is 34.2 Å². The molecule has 7 nitrogen and oxygen atoms in total. The molecule has 0 bridgehead atoms. The van der Waals surface area contributed by atoms with Gasteiger partial charge in [-0.05, 0) is 66.1 Å². The number of hydrogen-bond donors (Lipinski definition) is 1. The average Bonchev–Trinajstić information content (AvgIpc) is 2.91. The van der Waals surface area contributed by atoms with Crippen molar-refractivity contribution in [2.24, 2.45) is 10.1 Å². The molecule has 2 aromatic carbocycles. The molecule has 37 heavy (non-hydrogen) atoms. The lowest BCUT2D eigenvalue weighted by molar-refractivity contribution is 0.260. The summed E-state index contributed by atoms with van der Waals surface area (Å²) >= 11 is 1.31. The highest BCUT2D eigenvalue weighted by Crippen LogP contribution is 2.42. The van der Waals surface area contributed by atoms with Crippen LogP contribution in [-0.2, 0) is 5.41 Å². The molecule has 4 rings (SSSR count). The Morgan fingerprint density at radius 1 is 1.16 bits per heavy atom. The van der Waals surface area contributed by atoms with E-state index in [4.69, 9.17) is 14.5 Å². The number of methoxy groups -OCH3 is 2. The smallest absolute Gasteiger partial charge is 0.299 e. The minimum atomic E-state index is -0.0945. The van der Waals surface area contributed by atoms with Crippen LogP contribution in [0.4, 0.5) is 10.5 Å². The molecule has 0 spiro atoms. The van der Waals surface area contributed by atoms with E-state index in [0.29, 0.717) is 11.5 Å². The second kappa shape index (κ2) is 11.6. The number of amides is 1. The number of hydrogen-bond acceptors (Lipinski definition) is 6. The molecular weight excluding hydrogens is 484 g/mol. The number of ether oxygens (including phenoxy) is 2. The molecule has 2 aromatic rings. The fourth-order valence-electron chi connectivity index (χ4n) is 4.91. The number of carbonyl (C=O) groups is 1. The number of thioether (sulfide) groups is 1. The highest BCUT2D eigenvalue weighted by Gasteiger charge is 2.35. The van der Waals surface area contributed by atoms with Gasteiger partial charge in [-0.2, -0.15) is 5.10 Å². The number of nitrogens with one attached hydrogen (secondary N) is 1. The molecule has 0 radical (unpaired) electrons. The minimum absolute atomic E-state index is 0.0126. The number of aliphatic imine (C=N–C) groups is 1. The third kappa shape index (κ3) is 5.64. The lowest BCUT2D eigenvalue weighted by Gasteiger charge is -2.41. The third-order valence-electron chi connectivity index (χ3n) is 7.14. The molecule has 1 amide bonds. The average molecular weight is 523 g/mol. The first-order valence-electron chi connectivity index (χ1n) is 13.1.